The molecule has 4 rings (SSSR count). The van der Waals surface area contributed by atoms with Crippen LogP contribution in [0.5, 0.6) is 0 Å². The molecule has 12 nitrogen and oxygen atoms in total. The van der Waals surface area contributed by atoms with Crippen molar-refractivity contribution in [3.8, 4) is 0 Å². The van der Waals surface area contributed by atoms with Crippen LogP contribution in [0, 0.1) is 37.5 Å². The SMILES string of the molecule is [CH2-]CCC(=O)OC(COC(=O)CCCC1CCCCC1)COC(=O)CCCC1CCCCC1.[CH2-]CCC(=O)OC(COC(=O)CCCC1CCCCC1)COC(=O)CCCC1CCCCC1.[NiH]. The van der Waals surface area contributed by atoms with Crippen LogP contribution in [0.1, 0.15) is 231 Å². The Balaban J connectivity index is 0.000000453. The Morgan fingerprint density at radius 1 is 0.343 bits per heavy atom. The predicted molar refractivity (Wildman–Crippen MR) is 256 cm³/mol. The number of rotatable bonds is 30. The average molecular weight is 991 g/mol. The normalized spacial score (nSPS) is 17.4. The molecule has 0 aliphatic heterocycles. The second-order valence-electron chi connectivity index (χ2n) is 19.7. The van der Waals surface area contributed by atoms with E-state index in [0.29, 0.717) is 38.5 Å². The molecule has 4 aliphatic rings. The summed E-state index contributed by atoms with van der Waals surface area (Å²) in [5.41, 5.74) is 0. The van der Waals surface area contributed by atoms with Crippen molar-refractivity contribution in [1.82, 2.24) is 0 Å². The molecule has 0 aromatic carbocycles. The minimum atomic E-state index is -0.770. The molecule has 0 N–H and O–H groups in total. The van der Waals surface area contributed by atoms with Crippen molar-refractivity contribution in [1.29, 1.82) is 0 Å². The van der Waals surface area contributed by atoms with Crippen molar-refractivity contribution >= 4 is 35.8 Å². The van der Waals surface area contributed by atoms with Gasteiger partial charge in [-0.25, -0.2) is 0 Å². The predicted octanol–water partition coefficient (Wildman–Crippen LogP) is 11.9. The molecular formula is C54H91NiO12-2. The van der Waals surface area contributed by atoms with Crippen LogP contribution in [-0.2, 0) is 73.7 Å². The van der Waals surface area contributed by atoms with Gasteiger partial charge in [0.1, 0.15) is 26.4 Å². The standard InChI is InChI=1S/2C27H45O6.Ni.H/c2*1-2-11-27(30)33-24(20-31-25(28)18-9-16-22-12-5-3-6-13-22)21-32-26(29)19-10-17-23-14-7-4-8-15-23;;/h2*22-24H,1-21H2;;/q2*-1;;. The van der Waals surface area contributed by atoms with Gasteiger partial charge in [-0.2, -0.15) is 12.8 Å². The maximum atomic E-state index is 12.1. The Morgan fingerprint density at radius 3 is 0.776 bits per heavy atom. The Kier molecular flexibility index (Phi) is 35.3. The second-order valence-corrected chi connectivity index (χ2v) is 19.7. The van der Waals surface area contributed by atoms with Crippen LogP contribution in [0.25, 0.3) is 0 Å². The van der Waals surface area contributed by atoms with Crippen LogP contribution in [0.15, 0.2) is 0 Å². The van der Waals surface area contributed by atoms with Gasteiger partial charge in [0.15, 0.2) is 12.2 Å². The first kappa shape index (κ1) is 60.4. The van der Waals surface area contributed by atoms with Crippen molar-refractivity contribution in [3.63, 3.8) is 0 Å². The van der Waals surface area contributed by atoms with Crippen molar-refractivity contribution < 1.29 is 73.7 Å². The topological polar surface area (TPSA) is 158 Å². The van der Waals surface area contributed by atoms with Crippen LogP contribution in [0.3, 0.4) is 0 Å². The van der Waals surface area contributed by atoms with Crippen molar-refractivity contribution in [3.05, 3.63) is 13.8 Å². The summed E-state index contributed by atoms with van der Waals surface area (Å²) in [7, 11) is 0. The molecule has 0 saturated heterocycles. The first-order valence-electron chi connectivity index (χ1n) is 26.7. The molecule has 0 atom stereocenters. The second kappa shape index (κ2) is 39.1. The third-order valence-electron chi connectivity index (χ3n) is 14.0. The third-order valence-corrected chi connectivity index (χ3v) is 14.0. The fourth-order valence-electron chi connectivity index (χ4n) is 10.1. The van der Waals surface area contributed by atoms with E-state index in [1.807, 2.05) is 0 Å². The Bertz CT molecular complexity index is 1150. The first-order chi connectivity index (χ1) is 32.1. The number of hydrogen-bond acceptors (Lipinski definition) is 12. The van der Waals surface area contributed by atoms with E-state index in [9.17, 15) is 28.8 Å². The zero-order valence-electron chi connectivity index (χ0n) is 41.4. The van der Waals surface area contributed by atoms with Crippen molar-refractivity contribution in [2.24, 2.45) is 23.7 Å². The molecule has 67 heavy (non-hydrogen) atoms. The van der Waals surface area contributed by atoms with Gasteiger partial charge in [-0.3, -0.25) is 28.8 Å². The van der Waals surface area contributed by atoms with E-state index in [4.69, 9.17) is 28.4 Å². The van der Waals surface area contributed by atoms with Gasteiger partial charge in [-0.1, -0.05) is 128 Å². The molecular weight excluding hydrogens is 899 g/mol. The zero-order chi connectivity index (χ0) is 47.5. The molecule has 4 saturated carbocycles. The van der Waals surface area contributed by atoms with E-state index in [0.717, 1.165) is 75.0 Å². The van der Waals surface area contributed by atoms with E-state index < -0.39 is 24.1 Å². The van der Waals surface area contributed by atoms with Gasteiger partial charge < -0.3 is 42.3 Å². The fraction of sp³-hybridized carbons (Fsp3) is 0.852. The van der Waals surface area contributed by atoms with Gasteiger partial charge in [0.05, 0.1) is 0 Å². The van der Waals surface area contributed by atoms with Crippen LogP contribution in [0.4, 0.5) is 0 Å². The van der Waals surface area contributed by atoms with E-state index in [1.54, 1.807) is 0 Å². The summed E-state index contributed by atoms with van der Waals surface area (Å²) in [4.78, 5) is 72.4. The molecule has 391 valence electrons. The molecule has 0 aromatic rings. The molecule has 0 aromatic heterocycles. The van der Waals surface area contributed by atoms with Gasteiger partial charge >= 0.3 is 52.3 Å². The molecule has 0 radical (unpaired) electrons. The molecule has 13 heteroatoms. The Labute approximate surface area is 415 Å². The van der Waals surface area contributed by atoms with Crippen LogP contribution in [0.2, 0.25) is 0 Å². The van der Waals surface area contributed by atoms with Gasteiger partial charge in [0.2, 0.25) is 0 Å². The minimum absolute atomic E-state index is 0. The third kappa shape index (κ3) is 31.2. The summed E-state index contributed by atoms with van der Waals surface area (Å²) in [5, 5.41) is 0. The van der Waals surface area contributed by atoms with Gasteiger partial charge in [-0.05, 0) is 75.0 Å². The monoisotopic (exact) mass is 990 g/mol. The summed E-state index contributed by atoms with van der Waals surface area (Å²) < 4.78 is 32.1. The van der Waals surface area contributed by atoms with E-state index in [-0.39, 0.29) is 79.6 Å². The molecule has 0 spiro atoms. The molecule has 4 fully saturated rings. The summed E-state index contributed by atoms with van der Waals surface area (Å²) in [5.74, 6) is 0.950. The van der Waals surface area contributed by atoms with E-state index in [2.05, 4.69) is 13.8 Å². The summed E-state index contributed by atoms with van der Waals surface area (Å²) in [6, 6.07) is 0. The van der Waals surface area contributed by atoms with Crippen molar-refractivity contribution in [2.45, 2.75) is 243 Å². The first-order valence-corrected chi connectivity index (χ1v) is 26.7. The fourth-order valence-corrected chi connectivity index (χ4v) is 10.1. The van der Waals surface area contributed by atoms with Crippen LogP contribution in [-0.4, -0.2) is 74.5 Å². The quantitative estimate of drug-likeness (QED) is 0.0291. The number of hydrogen-bond donors (Lipinski definition) is 0. The molecule has 0 heterocycles. The Hall–Kier alpha value is -2.69. The van der Waals surface area contributed by atoms with E-state index in [1.165, 1.54) is 128 Å². The summed E-state index contributed by atoms with van der Waals surface area (Å²) >= 11 is 0. The summed E-state index contributed by atoms with van der Waals surface area (Å²) in [6.45, 7) is 6.98. The van der Waals surface area contributed by atoms with Crippen LogP contribution >= 0.6 is 0 Å². The number of esters is 6. The van der Waals surface area contributed by atoms with Crippen LogP contribution < -0.4 is 0 Å². The number of carbonyl (C=O) groups is 6. The van der Waals surface area contributed by atoms with Gasteiger partial charge in [0, 0.05) is 38.5 Å². The molecule has 0 amide bonds. The zero-order valence-corrected chi connectivity index (χ0v) is 42.4. The molecule has 4 aliphatic carbocycles. The number of carbonyl (C=O) groups excluding carboxylic acids is 6. The van der Waals surface area contributed by atoms with Gasteiger partial charge in [0.25, 0.3) is 0 Å². The van der Waals surface area contributed by atoms with E-state index >= 15 is 0 Å². The average Bonchev–Trinajstić information content (AvgIpc) is 3.32. The molecule has 0 unspecified atom stereocenters. The summed E-state index contributed by atoms with van der Waals surface area (Å²) in [6.07, 6.45) is 34.6. The molecule has 0 bridgehead atoms. The van der Waals surface area contributed by atoms with Crippen molar-refractivity contribution in [2.75, 3.05) is 26.4 Å². The maximum absolute atomic E-state index is 12.1. The number of ether oxygens (including phenoxy) is 6. The van der Waals surface area contributed by atoms with Gasteiger partial charge in [-0.15, -0.1) is 0 Å². The Morgan fingerprint density at radius 2 is 0.567 bits per heavy atom.